The fraction of sp³-hybridized carbons (Fsp3) is 0.455. The van der Waals surface area contributed by atoms with E-state index in [1.807, 2.05) is 18.2 Å². The highest BCUT2D eigenvalue weighted by Gasteiger charge is 2.20. The van der Waals surface area contributed by atoms with Crippen LogP contribution in [0.1, 0.15) is 24.6 Å². The van der Waals surface area contributed by atoms with Crippen LogP contribution in [-0.2, 0) is 4.74 Å². The summed E-state index contributed by atoms with van der Waals surface area (Å²) in [7, 11) is 0. The topological polar surface area (TPSA) is 65.4 Å². The maximum atomic E-state index is 5.83. The Labute approximate surface area is 93.2 Å². The molecule has 1 fully saturated rings. The first kappa shape index (κ1) is 9.59. The van der Waals surface area contributed by atoms with E-state index in [1.54, 1.807) is 4.52 Å². The molecule has 0 spiro atoms. The first-order valence-electron chi connectivity index (χ1n) is 5.53. The van der Waals surface area contributed by atoms with Crippen LogP contribution >= 0.6 is 0 Å². The van der Waals surface area contributed by atoms with Gasteiger partial charge in [0.05, 0.1) is 6.61 Å². The summed E-state index contributed by atoms with van der Waals surface area (Å²) in [6.07, 6.45) is 2.17. The first-order chi connectivity index (χ1) is 7.84. The lowest BCUT2D eigenvalue weighted by atomic mass is 10.0. The first-order valence-corrected chi connectivity index (χ1v) is 5.53. The van der Waals surface area contributed by atoms with Crippen LogP contribution in [-0.4, -0.2) is 27.8 Å². The predicted molar refractivity (Wildman–Crippen MR) is 60.2 cm³/mol. The van der Waals surface area contributed by atoms with Crippen LogP contribution < -0.4 is 5.73 Å². The normalized spacial score (nSPS) is 21.4. The summed E-state index contributed by atoms with van der Waals surface area (Å²) in [6, 6.07) is 5.62. The van der Waals surface area contributed by atoms with Gasteiger partial charge >= 0.3 is 0 Å². The molecule has 1 atom stereocenters. The molecule has 2 aromatic rings. The van der Waals surface area contributed by atoms with Crippen molar-refractivity contribution in [1.82, 2.24) is 14.6 Å². The lowest BCUT2D eigenvalue weighted by Crippen LogP contribution is -2.16. The van der Waals surface area contributed by atoms with E-state index in [0.29, 0.717) is 11.7 Å². The van der Waals surface area contributed by atoms with Crippen molar-refractivity contribution in [2.24, 2.45) is 0 Å². The summed E-state index contributed by atoms with van der Waals surface area (Å²) in [4.78, 5) is 4.49. The van der Waals surface area contributed by atoms with Gasteiger partial charge in [-0.2, -0.15) is 4.52 Å². The number of hydrogen-bond acceptors (Lipinski definition) is 4. The summed E-state index contributed by atoms with van der Waals surface area (Å²) < 4.78 is 7.13. The van der Waals surface area contributed by atoms with Crippen molar-refractivity contribution in [2.45, 2.75) is 18.8 Å². The van der Waals surface area contributed by atoms with Crippen molar-refractivity contribution in [3.05, 3.63) is 24.0 Å². The second kappa shape index (κ2) is 3.75. The molecule has 1 aliphatic rings. The highest BCUT2D eigenvalue weighted by molar-refractivity contribution is 5.46. The van der Waals surface area contributed by atoms with Crippen molar-refractivity contribution in [3.8, 4) is 0 Å². The fourth-order valence-electron chi connectivity index (χ4n) is 2.06. The van der Waals surface area contributed by atoms with Crippen molar-refractivity contribution < 1.29 is 4.74 Å². The standard InChI is InChI=1S/C11H14N4O/c12-9-4-1-5-10-13-11(14-15(9)10)8-3-2-6-16-7-8/h1,4-5,8H,2-3,6-7,12H2. The van der Waals surface area contributed by atoms with E-state index in [2.05, 4.69) is 10.1 Å². The number of fused-ring (bicyclic) bond motifs is 1. The van der Waals surface area contributed by atoms with Crippen LogP contribution in [0.2, 0.25) is 0 Å². The molecule has 5 nitrogen and oxygen atoms in total. The smallest absolute Gasteiger partial charge is 0.157 e. The van der Waals surface area contributed by atoms with Gasteiger partial charge in [-0.3, -0.25) is 0 Å². The minimum atomic E-state index is 0.313. The van der Waals surface area contributed by atoms with E-state index in [-0.39, 0.29) is 0 Å². The third-order valence-electron chi connectivity index (χ3n) is 2.93. The van der Waals surface area contributed by atoms with Gasteiger partial charge < -0.3 is 10.5 Å². The average molecular weight is 218 g/mol. The molecule has 0 saturated carbocycles. The zero-order valence-corrected chi connectivity index (χ0v) is 8.97. The van der Waals surface area contributed by atoms with Gasteiger partial charge in [0.15, 0.2) is 11.5 Å². The molecular weight excluding hydrogens is 204 g/mol. The largest absolute Gasteiger partial charge is 0.384 e. The summed E-state index contributed by atoms with van der Waals surface area (Å²) in [5, 5.41) is 4.44. The number of hydrogen-bond donors (Lipinski definition) is 1. The minimum absolute atomic E-state index is 0.313. The molecule has 3 heterocycles. The van der Waals surface area contributed by atoms with Crippen LogP contribution in [0.5, 0.6) is 0 Å². The van der Waals surface area contributed by atoms with Gasteiger partial charge in [-0.25, -0.2) is 4.98 Å². The lowest BCUT2D eigenvalue weighted by Gasteiger charge is -2.18. The molecule has 5 heteroatoms. The van der Waals surface area contributed by atoms with E-state index < -0.39 is 0 Å². The Hall–Kier alpha value is -1.62. The molecule has 0 amide bonds. The Morgan fingerprint density at radius 2 is 2.38 bits per heavy atom. The zero-order chi connectivity index (χ0) is 11.0. The number of nitrogens with two attached hydrogens (primary N) is 1. The maximum Gasteiger partial charge on any atom is 0.157 e. The highest BCUT2D eigenvalue weighted by Crippen LogP contribution is 2.23. The number of anilines is 1. The van der Waals surface area contributed by atoms with Crippen molar-refractivity contribution in [1.29, 1.82) is 0 Å². The van der Waals surface area contributed by atoms with Crippen LogP contribution in [0.4, 0.5) is 5.82 Å². The SMILES string of the molecule is Nc1cccc2nc(C3CCCOC3)nn12. The monoisotopic (exact) mass is 218 g/mol. The van der Waals surface area contributed by atoms with E-state index >= 15 is 0 Å². The Balaban J connectivity index is 2.01. The molecule has 84 valence electrons. The molecule has 0 aromatic carbocycles. The third kappa shape index (κ3) is 1.53. The molecule has 2 aromatic heterocycles. The zero-order valence-electron chi connectivity index (χ0n) is 8.97. The summed E-state index contributed by atoms with van der Waals surface area (Å²) in [6.45, 7) is 1.57. The Morgan fingerprint density at radius 3 is 3.12 bits per heavy atom. The number of nitrogen functional groups attached to an aromatic ring is 1. The molecule has 0 aliphatic carbocycles. The molecule has 2 N–H and O–H groups in total. The van der Waals surface area contributed by atoms with Crippen molar-refractivity contribution in [2.75, 3.05) is 18.9 Å². The second-order valence-electron chi connectivity index (χ2n) is 4.10. The highest BCUT2D eigenvalue weighted by atomic mass is 16.5. The molecule has 3 rings (SSSR count). The molecule has 0 bridgehead atoms. The van der Waals surface area contributed by atoms with E-state index in [1.165, 1.54) is 0 Å². The average Bonchev–Trinajstić information content (AvgIpc) is 2.76. The van der Waals surface area contributed by atoms with E-state index in [9.17, 15) is 0 Å². The Morgan fingerprint density at radius 1 is 1.44 bits per heavy atom. The number of aromatic nitrogens is 3. The van der Waals surface area contributed by atoms with Gasteiger partial charge in [-0.05, 0) is 25.0 Å². The van der Waals surface area contributed by atoms with Crippen molar-refractivity contribution >= 4 is 11.5 Å². The predicted octanol–water partition coefficient (Wildman–Crippen LogP) is 1.21. The van der Waals surface area contributed by atoms with Gasteiger partial charge in [0.25, 0.3) is 0 Å². The van der Waals surface area contributed by atoms with E-state index in [4.69, 9.17) is 10.5 Å². The van der Waals surface area contributed by atoms with Crippen LogP contribution in [0.15, 0.2) is 18.2 Å². The van der Waals surface area contributed by atoms with Gasteiger partial charge in [-0.15, -0.1) is 5.10 Å². The molecular formula is C11H14N4O. The van der Waals surface area contributed by atoms with Crippen molar-refractivity contribution in [3.63, 3.8) is 0 Å². The second-order valence-corrected chi connectivity index (χ2v) is 4.10. The van der Waals surface area contributed by atoms with Crippen LogP contribution in [0, 0.1) is 0 Å². The Kier molecular flexibility index (Phi) is 2.25. The Bertz CT molecular complexity index is 502. The quantitative estimate of drug-likeness (QED) is 0.781. The summed E-state index contributed by atoms with van der Waals surface area (Å²) in [5.41, 5.74) is 6.63. The minimum Gasteiger partial charge on any atom is -0.384 e. The fourth-order valence-corrected chi connectivity index (χ4v) is 2.06. The molecule has 0 radical (unpaired) electrons. The number of pyridine rings is 1. The molecule has 1 aliphatic heterocycles. The van der Waals surface area contributed by atoms with Gasteiger partial charge in [0, 0.05) is 12.5 Å². The number of ether oxygens (including phenoxy) is 1. The maximum absolute atomic E-state index is 5.83. The summed E-state index contributed by atoms with van der Waals surface area (Å²) in [5.74, 6) is 1.78. The van der Waals surface area contributed by atoms with Crippen LogP contribution in [0.25, 0.3) is 5.65 Å². The van der Waals surface area contributed by atoms with Gasteiger partial charge in [0.1, 0.15) is 5.82 Å². The van der Waals surface area contributed by atoms with E-state index in [0.717, 1.165) is 37.5 Å². The summed E-state index contributed by atoms with van der Waals surface area (Å²) >= 11 is 0. The molecule has 1 unspecified atom stereocenters. The lowest BCUT2D eigenvalue weighted by molar-refractivity contribution is 0.0781. The molecule has 16 heavy (non-hydrogen) atoms. The number of nitrogens with zero attached hydrogens (tertiary/aromatic N) is 3. The number of rotatable bonds is 1. The third-order valence-corrected chi connectivity index (χ3v) is 2.93. The molecule has 1 saturated heterocycles. The van der Waals surface area contributed by atoms with Crippen LogP contribution in [0.3, 0.4) is 0 Å². The van der Waals surface area contributed by atoms with Gasteiger partial charge in [-0.1, -0.05) is 6.07 Å². The van der Waals surface area contributed by atoms with Gasteiger partial charge in [0.2, 0.25) is 0 Å².